The minimum absolute atomic E-state index is 0.0534. The van der Waals surface area contributed by atoms with Crippen LogP contribution >= 0.6 is 0 Å². The molecule has 0 aliphatic carbocycles. The number of benzene rings is 2. The molecule has 2 rings (SSSR count). The number of aliphatic hydroxyl groups is 1. The minimum Gasteiger partial charge on any atom is -0.490 e. The molecule has 2 aromatic carbocycles. The topological polar surface area (TPSA) is 72.8 Å². The average Bonchev–Trinajstić information content (AvgIpc) is 2.65. The van der Waals surface area contributed by atoms with Gasteiger partial charge in [-0.25, -0.2) is 4.79 Å². The zero-order valence-corrected chi connectivity index (χ0v) is 14.0. The Morgan fingerprint density at radius 1 is 0.960 bits per heavy atom. The first kappa shape index (κ1) is 18.4. The van der Waals surface area contributed by atoms with Gasteiger partial charge in [0.05, 0.1) is 6.61 Å². The van der Waals surface area contributed by atoms with Crippen molar-refractivity contribution in [3.8, 4) is 5.75 Å². The van der Waals surface area contributed by atoms with Gasteiger partial charge in [-0.3, -0.25) is 4.79 Å². The Balaban J connectivity index is 1.89. The van der Waals surface area contributed by atoms with Crippen molar-refractivity contribution in [1.82, 2.24) is 0 Å². The third-order valence-corrected chi connectivity index (χ3v) is 3.45. The summed E-state index contributed by atoms with van der Waals surface area (Å²) >= 11 is 0. The van der Waals surface area contributed by atoms with Gasteiger partial charge >= 0.3 is 5.97 Å². The van der Waals surface area contributed by atoms with Crippen LogP contribution in [-0.4, -0.2) is 30.1 Å². The molecule has 0 heterocycles. The lowest BCUT2D eigenvalue weighted by Crippen LogP contribution is -2.12. The zero-order chi connectivity index (χ0) is 18.2. The Labute approximate surface area is 146 Å². The summed E-state index contributed by atoms with van der Waals surface area (Å²) in [4.78, 5) is 23.6. The Morgan fingerprint density at radius 3 is 2.04 bits per heavy atom. The molecule has 2 aromatic rings. The molecule has 0 saturated heterocycles. The first-order chi connectivity index (χ1) is 12.0. The normalized spacial score (nSPS) is 10.2. The van der Waals surface area contributed by atoms with Crippen molar-refractivity contribution in [2.75, 3.05) is 13.2 Å². The molecule has 0 aliphatic rings. The standard InChI is InChI=1S/C20H20O5/c1-14(2)20(23)25-12-11-24-18-9-7-17(8-10-18)19(22)16-5-3-15(13-21)4-6-16/h3-10,21H,1,11-13H2,2H3. The first-order valence-corrected chi connectivity index (χ1v) is 7.81. The molecular formula is C20H20O5. The van der Waals surface area contributed by atoms with Gasteiger partial charge in [-0.2, -0.15) is 0 Å². The van der Waals surface area contributed by atoms with E-state index in [0.717, 1.165) is 5.56 Å². The Morgan fingerprint density at radius 2 is 1.52 bits per heavy atom. The van der Waals surface area contributed by atoms with Gasteiger partial charge in [0.1, 0.15) is 19.0 Å². The van der Waals surface area contributed by atoms with Crippen molar-refractivity contribution < 1.29 is 24.2 Å². The number of aliphatic hydroxyl groups excluding tert-OH is 1. The van der Waals surface area contributed by atoms with Crippen molar-refractivity contribution in [3.63, 3.8) is 0 Å². The summed E-state index contributed by atoms with van der Waals surface area (Å²) in [5, 5.41) is 9.03. The second-order valence-electron chi connectivity index (χ2n) is 5.47. The summed E-state index contributed by atoms with van der Waals surface area (Å²) in [7, 11) is 0. The van der Waals surface area contributed by atoms with Crippen LogP contribution in [0, 0.1) is 0 Å². The molecule has 0 bridgehead atoms. The van der Waals surface area contributed by atoms with E-state index < -0.39 is 5.97 Å². The van der Waals surface area contributed by atoms with E-state index in [1.54, 1.807) is 55.5 Å². The predicted octanol–water partition coefficient (Wildman–Crippen LogP) is 2.91. The predicted molar refractivity (Wildman–Crippen MR) is 93.5 cm³/mol. The van der Waals surface area contributed by atoms with E-state index >= 15 is 0 Å². The van der Waals surface area contributed by atoms with Crippen LogP contribution in [0.3, 0.4) is 0 Å². The number of ether oxygens (including phenoxy) is 2. The molecule has 0 radical (unpaired) electrons. The first-order valence-electron chi connectivity index (χ1n) is 7.81. The van der Waals surface area contributed by atoms with Gasteiger partial charge in [-0.1, -0.05) is 30.8 Å². The van der Waals surface area contributed by atoms with Gasteiger partial charge in [-0.05, 0) is 36.8 Å². The molecule has 0 fully saturated rings. The van der Waals surface area contributed by atoms with Crippen molar-refractivity contribution in [3.05, 3.63) is 77.4 Å². The zero-order valence-electron chi connectivity index (χ0n) is 14.0. The fraction of sp³-hybridized carbons (Fsp3) is 0.200. The third-order valence-electron chi connectivity index (χ3n) is 3.45. The van der Waals surface area contributed by atoms with Crippen molar-refractivity contribution in [2.45, 2.75) is 13.5 Å². The van der Waals surface area contributed by atoms with Gasteiger partial charge < -0.3 is 14.6 Å². The molecule has 0 spiro atoms. The van der Waals surface area contributed by atoms with E-state index in [4.69, 9.17) is 14.6 Å². The van der Waals surface area contributed by atoms with Crippen LogP contribution in [0.5, 0.6) is 5.75 Å². The van der Waals surface area contributed by atoms with Gasteiger partial charge in [0.15, 0.2) is 5.78 Å². The van der Waals surface area contributed by atoms with Crippen molar-refractivity contribution in [2.24, 2.45) is 0 Å². The lowest BCUT2D eigenvalue weighted by Gasteiger charge is -2.08. The molecule has 130 valence electrons. The van der Waals surface area contributed by atoms with Gasteiger partial charge in [-0.15, -0.1) is 0 Å². The Kier molecular flexibility index (Phi) is 6.48. The fourth-order valence-electron chi connectivity index (χ4n) is 2.05. The SMILES string of the molecule is C=C(C)C(=O)OCCOc1ccc(C(=O)c2ccc(CO)cc2)cc1. The van der Waals surface area contributed by atoms with Gasteiger partial charge in [0.25, 0.3) is 0 Å². The highest BCUT2D eigenvalue weighted by Gasteiger charge is 2.09. The summed E-state index contributed by atoms with van der Waals surface area (Å²) in [6, 6.07) is 13.6. The highest BCUT2D eigenvalue weighted by atomic mass is 16.6. The quantitative estimate of drug-likeness (QED) is 0.346. The summed E-state index contributed by atoms with van der Waals surface area (Å²) in [5.41, 5.74) is 2.19. The minimum atomic E-state index is -0.447. The second-order valence-corrected chi connectivity index (χ2v) is 5.47. The number of carbonyl (C=O) groups excluding carboxylic acids is 2. The number of ketones is 1. The monoisotopic (exact) mass is 340 g/mol. The number of hydrogen-bond acceptors (Lipinski definition) is 5. The smallest absolute Gasteiger partial charge is 0.333 e. The summed E-state index contributed by atoms with van der Waals surface area (Å²) in [6.45, 7) is 5.37. The third kappa shape index (κ3) is 5.29. The van der Waals surface area contributed by atoms with Gasteiger partial charge in [0.2, 0.25) is 0 Å². The van der Waals surface area contributed by atoms with E-state index in [9.17, 15) is 9.59 Å². The highest BCUT2D eigenvalue weighted by molar-refractivity contribution is 6.09. The number of rotatable bonds is 8. The molecule has 0 unspecified atom stereocenters. The van der Waals surface area contributed by atoms with Crippen LogP contribution < -0.4 is 4.74 Å². The number of esters is 1. The van der Waals surface area contributed by atoms with E-state index in [0.29, 0.717) is 22.4 Å². The van der Waals surface area contributed by atoms with Crippen LogP contribution in [0.4, 0.5) is 0 Å². The molecule has 0 aromatic heterocycles. The molecular weight excluding hydrogens is 320 g/mol. The molecule has 0 atom stereocenters. The summed E-state index contributed by atoms with van der Waals surface area (Å²) in [5.74, 6) is 0.0294. The maximum absolute atomic E-state index is 12.4. The number of carbonyl (C=O) groups is 2. The lowest BCUT2D eigenvalue weighted by molar-refractivity contribution is -0.139. The van der Waals surface area contributed by atoms with Crippen molar-refractivity contribution in [1.29, 1.82) is 0 Å². The maximum Gasteiger partial charge on any atom is 0.333 e. The van der Waals surface area contributed by atoms with Crippen LogP contribution in [0.1, 0.15) is 28.4 Å². The molecule has 0 aliphatic heterocycles. The average molecular weight is 340 g/mol. The molecule has 5 heteroatoms. The van der Waals surface area contributed by atoms with E-state index in [1.165, 1.54) is 0 Å². The fourth-order valence-corrected chi connectivity index (χ4v) is 2.05. The Bertz CT molecular complexity index is 745. The van der Waals surface area contributed by atoms with Crippen LogP contribution in [0.15, 0.2) is 60.7 Å². The molecule has 25 heavy (non-hydrogen) atoms. The largest absolute Gasteiger partial charge is 0.490 e. The van der Waals surface area contributed by atoms with Gasteiger partial charge in [0, 0.05) is 16.7 Å². The maximum atomic E-state index is 12.4. The second kappa shape index (κ2) is 8.80. The molecule has 0 amide bonds. The summed E-state index contributed by atoms with van der Waals surface area (Å²) in [6.07, 6.45) is 0. The lowest BCUT2D eigenvalue weighted by atomic mass is 10.0. The summed E-state index contributed by atoms with van der Waals surface area (Å²) < 4.78 is 10.4. The molecule has 0 saturated carbocycles. The molecule has 5 nitrogen and oxygen atoms in total. The van der Waals surface area contributed by atoms with E-state index in [2.05, 4.69) is 6.58 Å². The van der Waals surface area contributed by atoms with Crippen LogP contribution in [-0.2, 0) is 16.1 Å². The number of hydrogen-bond donors (Lipinski definition) is 1. The highest BCUT2D eigenvalue weighted by Crippen LogP contribution is 2.16. The van der Waals surface area contributed by atoms with E-state index in [1.807, 2.05) is 0 Å². The Hall–Kier alpha value is -2.92. The molecule has 1 N–H and O–H groups in total. The van der Waals surface area contributed by atoms with Crippen LogP contribution in [0.25, 0.3) is 0 Å². The van der Waals surface area contributed by atoms with Crippen LogP contribution in [0.2, 0.25) is 0 Å². The van der Waals surface area contributed by atoms with E-state index in [-0.39, 0.29) is 25.6 Å². The van der Waals surface area contributed by atoms with Crippen molar-refractivity contribution >= 4 is 11.8 Å².